The number of ether oxygens (including phenoxy) is 2. The second-order valence-electron chi connectivity index (χ2n) is 4.60. The summed E-state index contributed by atoms with van der Waals surface area (Å²) in [4.78, 5) is 8.46. The van der Waals surface area contributed by atoms with Crippen LogP contribution in [0, 0.1) is 0 Å². The van der Waals surface area contributed by atoms with Crippen LogP contribution in [0.2, 0.25) is 0 Å². The molecule has 0 radical (unpaired) electrons. The number of nitrogen functional groups attached to an aromatic ring is 1. The predicted molar refractivity (Wildman–Crippen MR) is 72.2 cm³/mol. The van der Waals surface area contributed by atoms with Gasteiger partial charge in [-0.15, -0.1) is 0 Å². The highest BCUT2D eigenvalue weighted by Gasteiger charge is 2.23. The minimum absolute atomic E-state index is 0.191. The van der Waals surface area contributed by atoms with E-state index in [0.29, 0.717) is 11.6 Å². The van der Waals surface area contributed by atoms with Gasteiger partial charge in [-0.25, -0.2) is 9.97 Å². The molecule has 0 spiro atoms. The van der Waals surface area contributed by atoms with Gasteiger partial charge in [-0.05, 0) is 25.1 Å². The van der Waals surface area contributed by atoms with Crippen molar-refractivity contribution in [3.63, 3.8) is 0 Å². The first-order chi connectivity index (χ1) is 9.17. The van der Waals surface area contributed by atoms with E-state index in [-0.39, 0.29) is 6.10 Å². The summed E-state index contributed by atoms with van der Waals surface area (Å²) in [7, 11) is 1.64. The van der Waals surface area contributed by atoms with Crippen LogP contribution in [0.5, 0.6) is 11.5 Å². The van der Waals surface area contributed by atoms with Crippen LogP contribution in [0.1, 0.15) is 12.5 Å². The first kappa shape index (κ1) is 11.8. The van der Waals surface area contributed by atoms with Gasteiger partial charge < -0.3 is 15.2 Å². The summed E-state index contributed by atoms with van der Waals surface area (Å²) in [6, 6.07) is 5.56. The van der Waals surface area contributed by atoms with Crippen molar-refractivity contribution in [2.75, 3.05) is 12.8 Å². The zero-order chi connectivity index (χ0) is 13.4. The second-order valence-corrected chi connectivity index (χ2v) is 4.60. The quantitative estimate of drug-likeness (QED) is 0.891. The molecule has 1 unspecified atom stereocenters. The minimum Gasteiger partial charge on any atom is -0.496 e. The normalized spacial score (nSPS) is 16.8. The monoisotopic (exact) mass is 257 g/mol. The zero-order valence-electron chi connectivity index (χ0n) is 10.9. The Morgan fingerprint density at radius 3 is 3.00 bits per heavy atom. The Hall–Kier alpha value is -2.30. The maximum atomic E-state index is 5.76. The van der Waals surface area contributed by atoms with Crippen molar-refractivity contribution < 1.29 is 9.47 Å². The van der Waals surface area contributed by atoms with Gasteiger partial charge in [0.15, 0.2) is 5.82 Å². The van der Waals surface area contributed by atoms with Crippen molar-refractivity contribution in [1.82, 2.24) is 9.97 Å². The van der Waals surface area contributed by atoms with Crippen LogP contribution in [-0.2, 0) is 6.42 Å². The molecule has 0 saturated heterocycles. The highest BCUT2D eigenvalue weighted by molar-refractivity contribution is 5.69. The Bertz CT molecular complexity index is 628. The molecule has 0 amide bonds. The number of rotatable bonds is 2. The van der Waals surface area contributed by atoms with Crippen LogP contribution in [-0.4, -0.2) is 23.2 Å². The molecule has 98 valence electrons. The molecule has 0 bridgehead atoms. The first-order valence-electron chi connectivity index (χ1n) is 6.14. The molecule has 5 nitrogen and oxygen atoms in total. The molecule has 1 aliphatic heterocycles. The lowest BCUT2D eigenvalue weighted by atomic mass is 10.1. The fourth-order valence-corrected chi connectivity index (χ4v) is 2.29. The van der Waals surface area contributed by atoms with Crippen molar-refractivity contribution in [1.29, 1.82) is 0 Å². The highest BCUT2D eigenvalue weighted by atomic mass is 16.5. The van der Waals surface area contributed by atoms with Crippen LogP contribution in [0.4, 0.5) is 5.82 Å². The van der Waals surface area contributed by atoms with Crippen LogP contribution in [0.25, 0.3) is 11.4 Å². The van der Waals surface area contributed by atoms with Gasteiger partial charge in [-0.1, -0.05) is 0 Å². The summed E-state index contributed by atoms with van der Waals surface area (Å²) in [5, 5.41) is 0. The van der Waals surface area contributed by atoms with Crippen molar-refractivity contribution >= 4 is 5.82 Å². The maximum absolute atomic E-state index is 5.76. The Kier molecular flexibility index (Phi) is 2.74. The highest BCUT2D eigenvalue weighted by Crippen LogP contribution is 2.38. The number of methoxy groups -OCH3 is 1. The van der Waals surface area contributed by atoms with E-state index in [0.717, 1.165) is 29.0 Å². The van der Waals surface area contributed by atoms with Crippen molar-refractivity contribution in [3.8, 4) is 22.9 Å². The molecule has 1 aromatic heterocycles. The average Bonchev–Trinajstić information content (AvgIpc) is 2.76. The molecule has 1 aromatic carbocycles. The third-order valence-corrected chi connectivity index (χ3v) is 3.14. The van der Waals surface area contributed by atoms with E-state index >= 15 is 0 Å². The number of anilines is 1. The van der Waals surface area contributed by atoms with Crippen LogP contribution < -0.4 is 15.2 Å². The Morgan fingerprint density at radius 1 is 1.42 bits per heavy atom. The van der Waals surface area contributed by atoms with Crippen LogP contribution in [0.3, 0.4) is 0 Å². The molecule has 3 rings (SSSR count). The largest absolute Gasteiger partial charge is 0.496 e. The Balaban J connectivity index is 2.13. The molecule has 2 N–H and O–H groups in total. The van der Waals surface area contributed by atoms with Gasteiger partial charge in [0.25, 0.3) is 0 Å². The molecule has 0 aliphatic carbocycles. The SMILES string of the molecule is COc1cc2c(cc1-c1nccc(N)n1)OC(C)C2. The Morgan fingerprint density at radius 2 is 2.26 bits per heavy atom. The molecule has 2 heterocycles. The van der Waals surface area contributed by atoms with Gasteiger partial charge in [-0.3, -0.25) is 0 Å². The first-order valence-corrected chi connectivity index (χ1v) is 6.14. The third-order valence-electron chi connectivity index (χ3n) is 3.14. The average molecular weight is 257 g/mol. The number of benzene rings is 1. The lowest BCUT2D eigenvalue weighted by Gasteiger charge is -2.10. The number of fused-ring (bicyclic) bond motifs is 1. The van der Waals surface area contributed by atoms with E-state index in [1.54, 1.807) is 19.4 Å². The van der Waals surface area contributed by atoms with Crippen LogP contribution in [0.15, 0.2) is 24.4 Å². The fourth-order valence-electron chi connectivity index (χ4n) is 2.29. The van der Waals surface area contributed by atoms with E-state index in [2.05, 4.69) is 9.97 Å². The standard InChI is InChI=1S/C14H15N3O2/c1-8-5-9-6-12(18-2)10(7-11(9)19-8)14-16-4-3-13(15)17-14/h3-4,6-8H,5H2,1-2H3,(H2,15,16,17). The summed E-state index contributed by atoms with van der Waals surface area (Å²) < 4.78 is 11.2. The summed E-state index contributed by atoms with van der Waals surface area (Å²) in [5.41, 5.74) is 7.64. The molecule has 19 heavy (non-hydrogen) atoms. The summed E-state index contributed by atoms with van der Waals surface area (Å²) >= 11 is 0. The van der Waals surface area contributed by atoms with E-state index in [4.69, 9.17) is 15.2 Å². The minimum atomic E-state index is 0.191. The van der Waals surface area contributed by atoms with Gasteiger partial charge in [0.2, 0.25) is 0 Å². The van der Waals surface area contributed by atoms with E-state index < -0.39 is 0 Å². The molecular weight excluding hydrogens is 242 g/mol. The van der Waals surface area contributed by atoms with E-state index in [1.165, 1.54) is 0 Å². The second kappa shape index (κ2) is 4.42. The van der Waals surface area contributed by atoms with Gasteiger partial charge in [0.05, 0.1) is 12.7 Å². The van der Waals surface area contributed by atoms with Crippen molar-refractivity contribution in [2.45, 2.75) is 19.4 Å². The number of hydrogen-bond acceptors (Lipinski definition) is 5. The van der Waals surface area contributed by atoms with Gasteiger partial charge in [0, 0.05) is 18.2 Å². The van der Waals surface area contributed by atoms with Gasteiger partial charge >= 0.3 is 0 Å². The molecule has 0 fully saturated rings. The number of nitrogens with two attached hydrogens (primary N) is 1. The van der Waals surface area contributed by atoms with Crippen LogP contribution >= 0.6 is 0 Å². The lowest BCUT2D eigenvalue weighted by Crippen LogP contribution is -2.05. The number of nitrogens with zero attached hydrogens (tertiary/aromatic N) is 2. The third kappa shape index (κ3) is 2.07. The molecule has 2 aromatic rings. The van der Waals surface area contributed by atoms with E-state index in [9.17, 15) is 0 Å². The van der Waals surface area contributed by atoms with Crippen molar-refractivity contribution in [3.05, 3.63) is 30.0 Å². The smallest absolute Gasteiger partial charge is 0.165 e. The van der Waals surface area contributed by atoms with Gasteiger partial charge in [-0.2, -0.15) is 0 Å². The lowest BCUT2D eigenvalue weighted by molar-refractivity contribution is 0.254. The fraction of sp³-hybridized carbons (Fsp3) is 0.286. The number of hydrogen-bond donors (Lipinski definition) is 1. The summed E-state index contributed by atoms with van der Waals surface area (Å²) in [5.74, 6) is 2.58. The van der Waals surface area contributed by atoms with Gasteiger partial charge in [0.1, 0.15) is 23.4 Å². The summed E-state index contributed by atoms with van der Waals surface area (Å²) in [6.07, 6.45) is 2.72. The van der Waals surface area contributed by atoms with Crippen molar-refractivity contribution in [2.24, 2.45) is 0 Å². The molecule has 1 atom stereocenters. The maximum Gasteiger partial charge on any atom is 0.165 e. The zero-order valence-corrected chi connectivity index (χ0v) is 10.9. The van der Waals surface area contributed by atoms with E-state index in [1.807, 2.05) is 19.1 Å². The molecular formula is C14H15N3O2. The Labute approximate surface area is 111 Å². The summed E-state index contributed by atoms with van der Waals surface area (Å²) in [6.45, 7) is 2.04. The topological polar surface area (TPSA) is 70.3 Å². The molecule has 5 heteroatoms. The predicted octanol–water partition coefficient (Wildman–Crippen LogP) is 2.06. The number of aromatic nitrogens is 2. The molecule has 1 aliphatic rings. The molecule has 0 saturated carbocycles.